The Labute approximate surface area is 220 Å². The molecule has 1 aromatic heterocycles. The minimum Gasteiger partial charge on any atom is -0.481 e. The van der Waals surface area contributed by atoms with Crippen molar-refractivity contribution in [1.29, 1.82) is 0 Å². The maximum Gasteiger partial charge on any atom is 0.217 e. The van der Waals surface area contributed by atoms with Crippen LogP contribution >= 0.6 is 0 Å². The number of hydrogen-bond acceptors (Lipinski definition) is 5. The van der Waals surface area contributed by atoms with Gasteiger partial charge in [-0.3, -0.25) is 0 Å². The van der Waals surface area contributed by atoms with E-state index in [-0.39, 0.29) is 11.8 Å². The quantitative estimate of drug-likeness (QED) is 0.122. The first-order valence-electron chi connectivity index (χ1n) is 12.9. The topological polar surface area (TPSA) is 47.0 Å². The van der Waals surface area contributed by atoms with Gasteiger partial charge in [0.05, 0.1) is 18.8 Å². The third-order valence-corrected chi connectivity index (χ3v) is 6.83. The highest BCUT2D eigenvalue weighted by Gasteiger charge is 2.29. The first-order valence-corrected chi connectivity index (χ1v) is 12.9. The fourth-order valence-electron chi connectivity index (χ4n) is 5.08. The number of pyridine rings is 1. The van der Waals surface area contributed by atoms with Gasteiger partial charge in [-0.2, -0.15) is 0 Å². The van der Waals surface area contributed by atoms with Gasteiger partial charge in [0.2, 0.25) is 5.88 Å². The summed E-state index contributed by atoms with van der Waals surface area (Å²) >= 11 is 0. The zero-order valence-electron chi connectivity index (χ0n) is 22.3. The second-order valence-corrected chi connectivity index (χ2v) is 9.66. The highest BCUT2D eigenvalue weighted by atomic mass is 16.6. The zero-order chi connectivity index (χ0) is 26.0. The van der Waals surface area contributed by atoms with E-state index in [1.165, 1.54) is 11.1 Å². The summed E-state index contributed by atoms with van der Waals surface area (Å²) in [4.78, 5) is 12.1. The van der Waals surface area contributed by atoms with Crippen LogP contribution < -0.4 is 4.74 Å². The number of methoxy groups -OCH3 is 1. The van der Waals surface area contributed by atoms with E-state index >= 15 is 0 Å². The van der Waals surface area contributed by atoms with Crippen molar-refractivity contribution in [2.24, 2.45) is 5.16 Å². The first-order chi connectivity index (χ1) is 18.1. The lowest BCUT2D eigenvalue weighted by atomic mass is 9.75. The first kappa shape index (κ1) is 26.4. The van der Waals surface area contributed by atoms with Gasteiger partial charge in [0, 0.05) is 16.9 Å². The second-order valence-electron chi connectivity index (χ2n) is 9.66. The smallest absolute Gasteiger partial charge is 0.217 e. The maximum atomic E-state index is 5.93. The molecule has 0 saturated heterocycles. The summed E-state index contributed by atoms with van der Waals surface area (Å²) in [5.41, 5.74) is 5.56. The van der Waals surface area contributed by atoms with Crippen molar-refractivity contribution >= 4 is 17.1 Å². The molecule has 192 valence electrons. The van der Waals surface area contributed by atoms with Gasteiger partial charge in [0.25, 0.3) is 0 Å². The molecule has 2 atom stereocenters. The van der Waals surface area contributed by atoms with Gasteiger partial charge in [-0.15, -0.1) is 0 Å². The Hall–Kier alpha value is -3.70. The Bertz CT molecular complexity index is 1290. The Morgan fingerprint density at radius 1 is 0.865 bits per heavy atom. The highest BCUT2D eigenvalue weighted by molar-refractivity contribution is 5.89. The summed E-state index contributed by atoms with van der Waals surface area (Å²) in [5, 5.41) is 4.99. The van der Waals surface area contributed by atoms with E-state index in [0.717, 1.165) is 47.8 Å². The molecular weight excluding hydrogens is 458 g/mol. The molecule has 0 amide bonds. The van der Waals surface area contributed by atoms with Crippen LogP contribution in [0.5, 0.6) is 5.88 Å². The number of ether oxygens (including phenoxy) is 1. The number of fused-ring (bicyclic) bond motifs is 1. The number of rotatable bonds is 12. The summed E-state index contributed by atoms with van der Waals surface area (Å²) < 4.78 is 5.93. The van der Waals surface area contributed by atoms with Crippen molar-refractivity contribution in [2.45, 2.75) is 31.1 Å². The molecule has 0 saturated carbocycles. The molecule has 2 unspecified atom stereocenters. The van der Waals surface area contributed by atoms with Crippen molar-refractivity contribution in [1.82, 2.24) is 9.88 Å². The fraction of sp³-hybridized carbons (Fsp3) is 0.312. The van der Waals surface area contributed by atoms with Gasteiger partial charge in [-0.1, -0.05) is 78.3 Å². The third-order valence-electron chi connectivity index (χ3n) is 6.83. The monoisotopic (exact) mass is 495 g/mol. The van der Waals surface area contributed by atoms with Crippen LogP contribution in [0.1, 0.15) is 53.4 Å². The fourth-order valence-corrected chi connectivity index (χ4v) is 5.08. The Morgan fingerprint density at radius 2 is 1.57 bits per heavy atom. The van der Waals surface area contributed by atoms with E-state index in [1.807, 2.05) is 12.1 Å². The van der Waals surface area contributed by atoms with Gasteiger partial charge in [-0.25, -0.2) is 4.98 Å². The summed E-state index contributed by atoms with van der Waals surface area (Å²) in [5.74, 6) is 1.04. The van der Waals surface area contributed by atoms with E-state index in [0.29, 0.717) is 5.88 Å². The highest BCUT2D eigenvalue weighted by Crippen LogP contribution is 2.45. The van der Waals surface area contributed by atoms with Gasteiger partial charge in [0.15, 0.2) is 0 Å². The standard InChI is InChI=1S/C32H37N3O2/c1-35(2)20-12-11-17-28(25-13-7-5-8-14-25)31(26-15-9-6-10-16-26)29-22-27-21-24(23-33-37-4)18-19-30(27)34-32(29)36-3/h5-10,13-16,18-19,21-23,28,31H,11-12,17,20H2,1-4H3/b33-23+. The van der Waals surface area contributed by atoms with E-state index in [4.69, 9.17) is 14.6 Å². The Morgan fingerprint density at radius 3 is 2.22 bits per heavy atom. The van der Waals surface area contributed by atoms with Crippen LogP contribution in [-0.4, -0.2) is 51.0 Å². The molecule has 0 aliphatic carbocycles. The lowest BCUT2D eigenvalue weighted by Crippen LogP contribution is -2.17. The zero-order valence-corrected chi connectivity index (χ0v) is 22.3. The largest absolute Gasteiger partial charge is 0.481 e. The lowest BCUT2D eigenvalue weighted by Gasteiger charge is -2.30. The molecule has 0 aliphatic rings. The number of aromatic nitrogens is 1. The lowest BCUT2D eigenvalue weighted by molar-refractivity contribution is 0.215. The molecule has 0 radical (unpaired) electrons. The Balaban J connectivity index is 1.86. The molecule has 0 aliphatic heterocycles. The van der Waals surface area contributed by atoms with Crippen molar-refractivity contribution in [3.8, 4) is 5.88 Å². The van der Waals surface area contributed by atoms with Crippen molar-refractivity contribution < 1.29 is 9.57 Å². The minimum atomic E-state index is 0.0890. The van der Waals surface area contributed by atoms with E-state index in [1.54, 1.807) is 20.4 Å². The predicted octanol–water partition coefficient (Wildman–Crippen LogP) is 6.87. The molecule has 0 spiro atoms. The molecule has 5 heteroatoms. The molecule has 0 N–H and O–H groups in total. The van der Waals surface area contributed by atoms with Crippen LogP contribution in [0.15, 0.2) is 90.1 Å². The number of nitrogens with zero attached hydrogens (tertiary/aromatic N) is 3. The van der Waals surface area contributed by atoms with Crippen LogP contribution in [0.25, 0.3) is 10.9 Å². The number of benzene rings is 3. The van der Waals surface area contributed by atoms with Gasteiger partial charge in [0.1, 0.15) is 7.11 Å². The summed E-state index contributed by atoms with van der Waals surface area (Å²) in [6.07, 6.45) is 5.09. The average molecular weight is 496 g/mol. The summed E-state index contributed by atoms with van der Waals surface area (Å²) in [6, 6.07) is 30.0. The molecule has 4 aromatic rings. The molecule has 4 rings (SSSR count). The van der Waals surface area contributed by atoms with Crippen LogP contribution in [0.2, 0.25) is 0 Å². The van der Waals surface area contributed by atoms with E-state index in [9.17, 15) is 0 Å². The summed E-state index contributed by atoms with van der Waals surface area (Å²) in [6.45, 7) is 1.09. The molecule has 0 fully saturated rings. The number of oxime groups is 1. The molecular formula is C32H37N3O2. The van der Waals surface area contributed by atoms with Crippen LogP contribution in [-0.2, 0) is 4.84 Å². The van der Waals surface area contributed by atoms with E-state index in [2.05, 4.69) is 96.9 Å². The second kappa shape index (κ2) is 13.0. The normalized spacial score (nSPS) is 13.2. The molecule has 0 bridgehead atoms. The van der Waals surface area contributed by atoms with Gasteiger partial charge in [-0.05, 0) is 74.3 Å². The third kappa shape index (κ3) is 6.75. The SMILES string of the molecule is CO/N=C/c1ccc2nc(OC)c(C(c3ccccc3)C(CCCCN(C)C)c3ccccc3)cc2c1. The minimum absolute atomic E-state index is 0.0890. The van der Waals surface area contributed by atoms with Gasteiger partial charge >= 0.3 is 0 Å². The van der Waals surface area contributed by atoms with Crippen molar-refractivity contribution in [3.05, 3.63) is 107 Å². The molecule has 1 heterocycles. The predicted molar refractivity (Wildman–Crippen MR) is 153 cm³/mol. The molecule has 3 aromatic carbocycles. The van der Waals surface area contributed by atoms with Crippen LogP contribution in [0.3, 0.4) is 0 Å². The number of unbranched alkanes of at least 4 members (excludes halogenated alkanes) is 1. The van der Waals surface area contributed by atoms with Crippen LogP contribution in [0.4, 0.5) is 0 Å². The average Bonchev–Trinajstić information content (AvgIpc) is 2.93. The van der Waals surface area contributed by atoms with Crippen LogP contribution in [0, 0.1) is 0 Å². The molecule has 5 nitrogen and oxygen atoms in total. The Kier molecular flexibility index (Phi) is 9.28. The van der Waals surface area contributed by atoms with Gasteiger partial charge < -0.3 is 14.5 Å². The van der Waals surface area contributed by atoms with E-state index < -0.39 is 0 Å². The van der Waals surface area contributed by atoms with Crippen molar-refractivity contribution in [2.75, 3.05) is 34.9 Å². The molecule has 37 heavy (non-hydrogen) atoms. The number of hydrogen-bond donors (Lipinski definition) is 0. The maximum absolute atomic E-state index is 5.93. The summed E-state index contributed by atoms with van der Waals surface area (Å²) in [7, 11) is 7.54. The van der Waals surface area contributed by atoms with Crippen molar-refractivity contribution in [3.63, 3.8) is 0 Å².